The van der Waals surface area contributed by atoms with E-state index < -0.39 is 17.1 Å². The summed E-state index contributed by atoms with van der Waals surface area (Å²) in [6.45, 7) is 10.5. The van der Waals surface area contributed by atoms with Crippen LogP contribution in [0.25, 0.3) is 0 Å². The molecule has 3 aromatic rings. The molecular weight excluding hydrogens is 544 g/mol. The SMILES string of the molecule is C=CCN1C(=O)[C@]2(O[C@H](CCO)[C@@H](C(C)(C)c3ccc(OC)cc3)[C@@H]2C)c2cc(NC(=O)c3ccc(OC)cc3)ccc21. The van der Waals surface area contributed by atoms with Crippen LogP contribution in [0.15, 0.2) is 79.4 Å². The summed E-state index contributed by atoms with van der Waals surface area (Å²) in [4.78, 5) is 29.3. The first-order valence-electron chi connectivity index (χ1n) is 14.6. The first kappa shape index (κ1) is 30.3. The van der Waals surface area contributed by atoms with E-state index in [0.29, 0.717) is 35.5 Å². The molecule has 2 N–H and O–H groups in total. The van der Waals surface area contributed by atoms with E-state index in [1.165, 1.54) is 0 Å². The minimum Gasteiger partial charge on any atom is -0.497 e. The molecule has 0 saturated carbocycles. The van der Waals surface area contributed by atoms with Crippen LogP contribution in [0, 0.1) is 11.8 Å². The zero-order chi connectivity index (χ0) is 30.9. The van der Waals surface area contributed by atoms with Crippen molar-refractivity contribution in [3.05, 3.63) is 96.1 Å². The third-order valence-corrected chi connectivity index (χ3v) is 9.17. The van der Waals surface area contributed by atoms with Crippen molar-refractivity contribution in [3.8, 4) is 11.5 Å². The predicted octanol–water partition coefficient (Wildman–Crippen LogP) is 5.70. The number of carbonyl (C=O) groups excluding carboxylic acids is 2. The van der Waals surface area contributed by atoms with E-state index in [1.54, 1.807) is 55.5 Å². The normalized spacial score (nSPS) is 22.9. The van der Waals surface area contributed by atoms with Crippen molar-refractivity contribution in [2.45, 2.75) is 44.3 Å². The van der Waals surface area contributed by atoms with Crippen LogP contribution in [0.4, 0.5) is 11.4 Å². The topological polar surface area (TPSA) is 97.3 Å². The van der Waals surface area contributed by atoms with Gasteiger partial charge in [0.15, 0.2) is 5.60 Å². The second-order valence-electron chi connectivity index (χ2n) is 11.8. The zero-order valence-corrected chi connectivity index (χ0v) is 25.4. The molecule has 1 spiro atoms. The molecule has 0 unspecified atom stereocenters. The fraction of sp³-hybridized carbons (Fsp3) is 0.371. The van der Waals surface area contributed by atoms with Crippen LogP contribution in [0.5, 0.6) is 11.5 Å². The molecule has 2 aliphatic rings. The van der Waals surface area contributed by atoms with Crippen molar-refractivity contribution in [1.29, 1.82) is 0 Å². The molecule has 8 heteroatoms. The van der Waals surface area contributed by atoms with Crippen LogP contribution in [-0.4, -0.2) is 50.4 Å². The maximum atomic E-state index is 14.4. The van der Waals surface area contributed by atoms with Crippen LogP contribution < -0.4 is 19.7 Å². The Bertz CT molecular complexity index is 1500. The number of rotatable bonds is 10. The quantitative estimate of drug-likeness (QED) is 0.297. The van der Waals surface area contributed by atoms with Gasteiger partial charge in [0.1, 0.15) is 11.5 Å². The van der Waals surface area contributed by atoms with E-state index in [9.17, 15) is 14.7 Å². The third-order valence-electron chi connectivity index (χ3n) is 9.17. The molecule has 3 aromatic carbocycles. The summed E-state index contributed by atoms with van der Waals surface area (Å²) in [7, 11) is 3.21. The highest BCUT2D eigenvalue weighted by molar-refractivity contribution is 6.09. The molecule has 1 saturated heterocycles. The highest BCUT2D eigenvalue weighted by Crippen LogP contribution is 2.60. The second-order valence-corrected chi connectivity index (χ2v) is 11.8. The Kier molecular flexibility index (Phi) is 8.36. The minimum atomic E-state index is -1.30. The van der Waals surface area contributed by atoms with Gasteiger partial charge in [0.25, 0.3) is 11.8 Å². The van der Waals surface area contributed by atoms with Gasteiger partial charge in [0.2, 0.25) is 0 Å². The van der Waals surface area contributed by atoms with E-state index in [2.05, 4.69) is 32.7 Å². The van der Waals surface area contributed by atoms with E-state index >= 15 is 0 Å². The highest BCUT2D eigenvalue weighted by Gasteiger charge is 2.65. The third kappa shape index (κ3) is 5.08. The molecule has 0 radical (unpaired) electrons. The average molecular weight is 585 g/mol. The van der Waals surface area contributed by atoms with E-state index in [0.717, 1.165) is 17.0 Å². The van der Waals surface area contributed by atoms with Gasteiger partial charge in [-0.2, -0.15) is 0 Å². The Morgan fingerprint density at radius 3 is 2.28 bits per heavy atom. The van der Waals surface area contributed by atoms with Gasteiger partial charge in [-0.15, -0.1) is 6.58 Å². The van der Waals surface area contributed by atoms with E-state index in [-0.39, 0.29) is 30.3 Å². The van der Waals surface area contributed by atoms with Crippen LogP contribution in [-0.2, 0) is 20.5 Å². The van der Waals surface area contributed by atoms with Crippen LogP contribution >= 0.6 is 0 Å². The Morgan fingerprint density at radius 1 is 1.07 bits per heavy atom. The Balaban J connectivity index is 1.56. The molecule has 4 atom stereocenters. The van der Waals surface area contributed by atoms with Gasteiger partial charge >= 0.3 is 0 Å². The standard InChI is InChI=1S/C35H40N2O6/c1-7-19-37-29-17-12-25(36-32(39)23-8-13-26(41-5)14-9-23)21-28(29)35(33(37)40)22(2)31(30(43-35)18-20-38)34(3,4)24-10-15-27(42-6)16-11-24/h7-17,21-22,30-31,38H,1,18-20H2,2-6H3,(H,36,39)/t22-,30+,31-,35+/m0/s1. The predicted molar refractivity (Wildman–Crippen MR) is 167 cm³/mol. The number of amides is 2. The summed E-state index contributed by atoms with van der Waals surface area (Å²) in [5.41, 5.74) is 1.84. The Morgan fingerprint density at radius 2 is 1.70 bits per heavy atom. The lowest BCUT2D eigenvalue weighted by atomic mass is 9.63. The van der Waals surface area contributed by atoms with E-state index in [1.807, 2.05) is 36.4 Å². The lowest BCUT2D eigenvalue weighted by Crippen LogP contribution is -2.46. The molecule has 0 aliphatic carbocycles. The summed E-state index contributed by atoms with van der Waals surface area (Å²) < 4.78 is 17.5. The van der Waals surface area contributed by atoms with Crippen molar-refractivity contribution in [1.82, 2.24) is 0 Å². The number of hydrogen-bond donors (Lipinski definition) is 2. The van der Waals surface area contributed by atoms with Crippen LogP contribution in [0.2, 0.25) is 0 Å². The van der Waals surface area contributed by atoms with Crippen molar-refractivity contribution < 1.29 is 28.9 Å². The molecule has 0 bridgehead atoms. The number of hydrogen-bond acceptors (Lipinski definition) is 6. The lowest BCUT2D eigenvalue weighted by Gasteiger charge is -2.38. The fourth-order valence-corrected chi connectivity index (χ4v) is 7.04. The molecular formula is C35H40N2O6. The van der Waals surface area contributed by atoms with Crippen molar-refractivity contribution >= 4 is 23.2 Å². The van der Waals surface area contributed by atoms with Crippen LogP contribution in [0.3, 0.4) is 0 Å². The molecule has 2 heterocycles. The molecule has 226 valence electrons. The smallest absolute Gasteiger partial charge is 0.264 e. The summed E-state index contributed by atoms with van der Waals surface area (Å²) >= 11 is 0. The summed E-state index contributed by atoms with van der Waals surface area (Å²) in [6.07, 6.45) is 1.69. The fourth-order valence-electron chi connectivity index (χ4n) is 7.04. The Hall–Kier alpha value is -4.14. The zero-order valence-electron chi connectivity index (χ0n) is 25.4. The second kappa shape index (κ2) is 11.9. The minimum absolute atomic E-state index is 0.0714. The average Bonchev–Trinajstić information content (AvgIpc) is 3.44. The van der Waals surface area contributed by atoms with Crippen LogP contribution in [0.1, 0.15) is 48.7 Å². The molecule has 5 rings (SSSR count). The van der Waals surface area contributed by atoms with Crippen molar-refractivity contribution in [2.24, 2.45) is 11.8 Å². The first-order chi connectivity index (χ1) is 20.6. The number of fused-ring (bicyclic) bond motifs is 2. The van der Waals surface area contributed by atoms with Gasteiger partial charge in [0, 0.05) is 41.8 Å². The Labute approximate surface area is 253 Å². The van der Waals surface area contributed by atoms with E-state index in [4.69, 9.17) is 14.2 Å². The van der Waals surface area contributed by atoms with Gasteiger partial charge in [0.05, 0.1) is 26.0 Å². The molecule has 2 amide bonds. The largest absolute Gasteiger partial charge is 0.497 e. The molecule has 8 nitrogen and oxygen atoms in total. The number of carbonyl (C=O) groups is 2. The lowest BCUT2D eigenvalue weighted by molar-refractivity contribution is -0.146. The maximum absolute atomic E-state index is 14.4. The molecule has 0 aromatic heterocycles. The number of ether oxygens (including phenoxy) is 3. The van der Waals surface area contributed by atoms with Crippen molar-refractivity contribution in [3.63, 3.8) is 0 Å². The van der Waals surface area contributed by atoms with Gasteiger partial charge < -0.3 is 29.5 Å². The van der Waals surface area contributed by atoms with Gasteiger partial charge in [-0.05, 0) is 72.0 Å². The number of aliphatic hydroxyl groups is 1. The molecule has 43 heavy (non-hydrogen) atoms. The summed E-state index contributed by atoms with van der Waals surface area (Å²) in [5, 5.41) is 13.1. The summed E-state index contributed by atoms with van der Waals surface area (Å²) in [5.74, 6) is 0.600. The monoisotopic (exact) mass is 584 g/mol. The number of benzene rings is 3. The molecule has 1 fully saturated rings. The molecule has 2 aliphatic heterocycles. The van der Waals surface area contributed by atoms with Crippen molar-refractivity contribution in [2.75, 3.05) is 37.6 Å². The number of methoxy groups -OCH3 is 2. The maximum Gasteiger partial charge on any atom is 0.264 e. The number of nitrogens with zero attached hydrogens (tertiary/aromatic N) is 1. The van der Waals surface area contributed by atoms with Gasteiger partial charge in [-0.3, -0.25) is 9.59 Å². The van der Waals surface area contributed by atoms with Gasteiger partial charge in [-0.25, -0.2) is 0 Å². The number of anilines is 2. The highest BCUT2D eigenvalue weighted by atomic mass is 16.5. The first-order valence-corrected chi connectivity index (χ1v) is 14.6. The van der Waals surface area contributed by atoms with Gasteiger partial charge in [-0.1, -0.05) is 39.0 Å². The number of aliphatic hydroxyl groups excluding tert-OH is 1. The summed E-state index contributed by atoms with van der Waals surface area (Å²) in [6, 6.07) is 20.4. The number of nitrogens with one attached hydrogen (secondary N) is 1.